The van der Waals surface area contributed by atoms with Gasteiger partial charge in [-0.2, -0.15) is 5.26 Å². The van der Waals surface area contributed by atoms with E-state index in [2.05, 4.69) is 22.0 Å². The van der Waals surface area contributed by atoms with E-state index in [0.29, 0.717) is 40.8 Å². The zero-order valence-corrected chi connectivity index (χ0v) is 24.1. The van der Waals surface area contributed by atoms with E-state index in [1.807, 2.05) is 31.2 Å². The number of nitriles is 1. The molecular weight excluding hydrogens is 551 g/mol. The summed E-state index contributed by atoms with van der Waals surface area (Å²) in [4.78, 5) is 39.8. The first kappa shape index (κ1) is 28.3. The second-order valence-corrected chi connectivity index (χ2v) is 11.9. The lowest BCUT2D eigenvalue weighted by molar-refractivity contribution is -0.129. The normalized spacial score (nSPS) is 13.0. The van der Waals surface area contributed by atoms with Crippen LogP contribution in [0.25, 0.3) is 0 Å². The van der Waals surface area contributed by atoms with E-state index in [1.54, 1.807) is 29.2 Å². The average molecular weight is 578 g/mol. The molecule has 8 nitrogen and oxygen atoms in total. The Labute approximate surface area is 240 Å². The summed E-state index contributed by atoms with van der Waals surface area (Å²) in [6, 6.07) is 16.9. The maximum absolute atomic E-state index is 13.0. The number of thioether (sulfide) groups is 1. The molecule has 2 heterocycles. The Morgan fingerprint density at radius 2 is 1.79 bits per heavy atom. The van der Waals surface area contributed by atoms with Crippen molar-refractivity contribution in [3.8, 4) is 6.07 Å². The fourth-order valence-electron chi connectivity index (χ4n) is 4.08. The monoisotopic (exact) mass is 577 g/mol. The number of hydrogen-bond acceptors (Lipinski definition) is 7. The summed E-state index contributed by atoms with van der Waals surface area (Å²) in [7, 11) is 0. The second-order valence-electron chi connectivity index (χ2n) is 9.00. The second kappa shape index (κ2) is 12.4. The molecule has 4 rings (SSSR count). The molecule has 2 amide bonds. The minimum atomic E-state index is -0.426. The van der Waals surface area contributed by atoms with Crippen molar-refractivity contribution < 1.29 is 14.4 Å². The Kier molecular flexibility index (Phi) is 9.01. The number of carbonyl (C=O) groups is 3. The number of hydrogen-bond donors (Lipinski definition) is 3. The van der Waals surface area contributed by atoms with Crippen LogP contribution in [-0.4, -0.2) is 39.4 Å². The number of amides is 2. The van der Waals surface area contributed by atoms with Crippen LogP contribution in [0.4, 0.5) is 16.4 Å². The van der Waals surface area contributed by atoms with Gasteiger partial charge in [-0.15, -0.1) is 23.1 Å². The molecule has 3 N–H and O–H groups in total. The zero-order chi connectivity index (χ0) is 28.1. The third-order valence-corrected chi connectivity index (χ3v) is 8.60. The lowest BCUT2D eigenvalue weighted by atomic mass is 10.0. The van der Waals surface area contributed by atoms with Crippen molar-refractivity contribution in [2.75, 3.05) is 22.5 Å². The van der Waals surface area contributed by atoms with Crippen LogP contribution in [0.5, 0.6) is 0 Å². The summed E-state index contributed by atoms with van der Waals surface area (Å²) in [6.45, 7) is 5.91. The minimum absolute atomic E-state index is 0.000231. The van der Waals surface area contributed by atoms with Crippen LogP contribution in [0.2, 0.25) is 0 Å². The molecule has 2 aromatic carbocycles. The smallest absolute Gasteiger partial charge is 0.238 e. The van der Waals surface area contributed by atoms with Gasteiger partial charge in [0, 0.05) is 40.2 Å². The molecule has 1 aromatic heterocycles. The van der Waals surface area contributed by atoms with Crippen molar-refractivity contribution in [3.05, 3.63) is 70.1 Å². The van der Waals surface area contributed by atoms with Gasteiger partial charge in [0.15, 0.2) is 10.9 Å². The SMILES string of the molecule is CC(=O)c1ccc(NC(=S)Nc2cccc(SC(C)C(=O)Nc3sc4c(c3C#N)CCN(C(C)=O)C4)c2)cc1. The lowest BCUT2D eigenvalue weighted by Crippen LogP contribution is -2.33. The number of carbonyl (C=O) groups excluding carboxylic acids is 3. The molecule has 0 radical (unpaired) electrons. The molecule has 11 heteroatoms. The third kappa shape index (κ3) is 7.03. The van der Waals surface area contributed by atoms with E-state index in [1.165, 1.54) is 36.9 Å². The van der Waals surface area contributed by atoms with Crippen LogP contribution in [0.15, 0.2) is 53.4 Å². The summed E-state index contributed by atoms with van der Waals surface area (Å²) >= 11 is 8.18. The van der Waals surface area contributed by atoms with E-state index >= 15 is 0 Å². The third-order valence-electron chi connectivity index (χ3n) is 6.17. The van der Waals surface area contributed by atoms with Crippen molar-refractivity contribution in [2.45, 2.75) is 43.9 Å². The summed E-state index contributed by atoms with van der Waals surface area (Å²) in [6.07, 6.45) is 0.606. The average Bonchev–Trinajstić information content (AvgIpc) is 3.25. The molecule has 0 saturated carbocycles. The van der Waals surface area contributed by atoms with Gasteiger partial charge in [-0.3, -0.25) is 14.4 Å². The van der Waals surface area contributed by atoms with Crippen molar-refractivity contribution in [2.24, 2.45) is 0 Å². The molecular formula is C28H27N5O3S3. The first-order valence-electron chi connectivity index (χ1n) is 12.2. The van der Waals surface area contributed by atoms with Gasteiger partial charge in [-0.1, -0.05) is 6.07 Å². The number of nitrogens with zero attached hydrogens (tertiary/aromatic N) is 2. The molecule has 0 fully saturated rings. The molecule has 1 unspecified atom stereocenters. The number of fused-ring (bicyclic) bond motifs is 1. The Morgan fingerprint density at radius 3 is 2.46 bits per heavy atom. The van der Waals surface area contributed by atoms with Gasteiger partial charge in [0.05, 0.1) is 17.4 Å². The lowest BCUT2D eigenvalue weighted by Gasteiger charge is -2.25. The molecule has 200 valence electrons. The van der Waals surface area contributed by atoms with Gasteiger partial charge in [-0.05, 0) is 80.5 Å². The van der Waals surface area contributed by atoms with Gasteiger partial charge in [0.2, 0.25) is 11.8 Å². The molecule has 0 spiro atoms. The van der Waals surface area contributed by atoms with Gasteiger partial charge in [-0.25, -0.2) is 0 Å². The van der Waals surface area contributed by atoms with Crippen LogP contribution in [0, 0.1) is 11.3 Å². The summed E-state index contributed by atoms with van der Waals surface area (Å²) < 4.78 is 0. The van der Waals surface area contributed by atoms with Gasteiger partial charge < -0.3 is 20.9 Å². The Balaban J connectivity index is 1.36. The first-order valence-corrected chi connectivity index (χ1v) is 14.3. The number of benzene rings is 2. The molecule has 0 aliphatic carbocycles. The predicted molar refractivity (Wildman–Crippen MR) is 161 cm³/mol. The van der Waals surface area contributed by atoms with Crippen molar-refractivity contribution in [3.63, 3.8) is 0 Å². The summed E-state index contributed by atoms with van der Waals surface area (Å²) in [5.41, 5.74) is 3.57. The predicted octanol–water partition coefficient (Wildman–Crippen LogP) is 5.66. The standard InChI is InChI=1S/C28H27N5O3S3/c1-16(34)19-7-9-20(10-8-19)30-28(37)31-21-5-4-6-22(13-21)38-17(2)26(36)32-27-24(14-29)23-11-12-33(18(3)35)15-25(23)39-27/h4-10,13,17H,11-12,15H2,1-3H3,(H,32,36)(H2,30,31,37). The maximum Gasteiger partial charge on any atom is 0.238 e. The van der Waals surface area contributed by atoms with Gasteiger partial charge in [0.1, 0.15) is 11.1 Å². The van der Waals surface area contributed by atoms with Gasteiger partial charge >= 0.3 is 0 Å². The van der Waals surface area contributed by atoms with Crippen molar-refractivity contribution >= 4 is 74.4 Å². The number of nitrogens with one attached hydrogen (secondary N) is 3. The summed E-state index contributed by atoms with van der Waals surface area (Å²) in [5.74, 6) is -0.205. The number of thiocarbonyl (C=S) groups is 1. The number of anilines is 3. The fourth-order valence-corrected chi connectivity index (χ4v) is 6.46. The van der Waals surface area contributed by atoms with Crippen LogP contribution < -0.4 is 16.0 Å². The molecule has 3 aromatic rings. The molecule has 1 atom stereocenters. The van der Waals surface area contributed by atoms with Crippen LogP contribution >= 0.6 is 35.3 Å². The van der Waals surface area contributed by atoms with E-state index < -0.39 is 5.25 Å². The molecule has 0 bridgehead atoms. The number of rotatable bonds is 7. The minimum Gasteiger partial charge on any atom is -0.337 e. The van der Waals surface area contributed by atoms with E-state index in [4.69, 9.17) is 12.2 Å². The highest BCUT2D eigenvalue weighted by atomic mass is 32.2. The Morgan fingerprint density at radius 1 is 1.08 bits per heavy atom. The largest absolute Gasteiger partial charge is 0.337 e. The molecule has 39 heavy (non-hydrogen) atoms. The van der Waals surface area contributed by atoms with Crippen LogP contribution in [0.3, 0.4) is 0 Å². The topological polar surface area (TPSA) is 114 Å². The molecule has 1 aliphatic rings. The number of thiophene rings is 1. The van der Waals surface area contributed by atoms with E-state index in [9.17, 15) is 19.6 Å². The molecule has 1 aliphatic heterocycles. The van der Waals surface area contributed by atoms with Crippen LogP contribution in [-0.2, 0) is 22.6 Å². The quantitative estimate of drug-likeness (QED) is 0.187. The number of Topliss-reactive ketones (excluding diaryl/α,β-unsaturated/α-hetero) is 1. The zero-order valence-electron chi connectivity index (χ0n) is 21.7. The number of ketones is 1. The van der Waals surface area contributed by atoms with Crippen molar-refractivity contribution in [1.82, 2.24) is 4.90 Å². The molecule has 0 saturated heterocycles. The highest BCUT2D eigenvalue weighted by Gasteiger charge is 2.27. The maximum atomic E-state index is 13.0. The first-order chi connectivity index (χ1) is 18.6. The summed E-state index contributed by atoms with van der Waals surface area (Å²) in [5, 5.41) is 19.4. The Hall–Kier alpha value is -3.72. The fraction of sp³-hybridized carbons (Fsp3) is 0.250. The van der Waals surface area contributed by atoms with E-state index in [-0.39, 0.29) is 17.6 Å². The van der Waals surface area contributed by atoms with Crippen LogP contribution in [0.1, 0.15) is 47.1 Å². The highest BCUT2D eigenvalue weighted by molar-refractivity contribution is 8.00. The Bertz CT molecular complexity index is 1480. The van der Waals surface area contributed by atoms with Crippen molar-refractivity contribution in [1.29, 1.82) is 5.26 Å². The van der Waals surface area contributed by atoms with Gasteiger partial charge in [0.25, 0.3) is 0 Å². The highest BCUT2D eigenvalue weighted by Crippen LogP contribution is 2.37. The van der Waals surface area contributed by atoms with E-state index in [0.717, 1.165) is 26.7 Å².